The van der Waals surface area contributed by atoms with Crippen LogP contribution in [0.25, 0.3) is 11.3 Å². The van der Waals surface area contributed by atoms with Gasteiger partial charge in [0.15, 0.2) is 5.69 Å². The van der Waals surface area contributed by atoms with Crippen molar-refractivity contribution in [2.45, 2.75) is 33.7 Å². The smallest absolute Gasteiger partial charge is 0.358 e. The minimum absolute atomic E-state index is 0.0228. The highest BCUT2D eigenvalue weighted by atomic mass is 16.4. The predicted molar refractivity (Wildman–Crippen MR) is 69.0 cm³/mol. The van der Waals surface area contributed by atoms with Gasteiger partial charge in [-0.25, -0.2) is 9.48 Å². The summed E-state index contributed by atoms with van der Waals surface area (Å²) in [6.07, 6.45) is 0. The van der Waals surface area contributed by atoms with Crippen molar-refractivity contribution in [3.63, 3.8) is 0 Å². The predicted octanol–water partition coefficient (Wildman–Crippen LogP) is 1.57. The standard InChI is InChI=1S/C12H17N5O2/c1-6(2)17-11(10(12(18)19)13-15-17)9-7(3)14-16(5)8(9)4/h6H,1-5H3,(H,18,19). The van der Waals surface area contributed by atoms with Crippen LogP contribution >= 0.6 is 0 Å². The number of aromatic nitrogens is 5. The van der Waals surface area contributed by atoms with Gasteiger partial charge < -0.3 is 5.11 Å². The zero-order chi connectivity index (χ0) is 14.3. The molecular formula is C12H17N5O2. The fourth-order valence-electron chi connectivity index (χ4n) is 2.15. The third-order valence-corrected chi connectivity index (χ3v) is 3.13. The fourth-order valence-corrected chi connectivity index (χ4v) is 2.15. The van der Waals surface area contributed by atoms with Gasteiger partial charge in [-0.1, -0.05) is 5.21 Å². The Balaban J connectivity index is 2.79. The Bertz CT molecular complexity index is 639. The Morgan fingerprint density at radius 1 is 1.32 bits per heavy atom. The van der Waals surface area contributed by atoms with Gasteiger partial charge in [0.05, 0.1) is 5.69 Å². The van der Waals surface area contributed by atoms with E-state index in [0.29, 0.717) is 5.69 Å². The van der Waals surface area contributed by atoms with Gasteiger partial charge >= 0.3 is 5.97 Å². The minimum Gasteiger partial charge on any atom is -0.476 e. The molecule has 0 atom stereocenters. The summed E-state index contributed by atoms with van der Waals surface area (Å²) in [6.45, 7) is 7.62. The van der Waals surface area contributed by atoms with Gasteiger partial charge in [-0.2, -0.15) is 5.10 Å². The molecule has 0 amide bonds. The molecule has 19 heavy (non-hydrogen) atoms. The first-order valence-electron chi connectivity index (χ1n) is 6.03. The van der Waals surface area contributed by atoms with Crippen LogP contribution in [0.5, 0.6) is 0 Å². The van der Waals surface area contributed by atoms with E-state index in [4.69, 9.17) is 0 Å². The molecule has 0 saturated carbocycles. The second kappa shape index (κ2) is 4.49. The van der Waals surface area contributed by atoms with Crippen LogP contribution in [0.3, 0.4) is 0 Å². The van der Waals surface area contributed by atoms with Gasteiger partial charge in [0.25, 0.3) is 0 Å². The summed E-state index contributed by atoms with van der Waals surface area (Å²) >= 11 is 0. The molecule has 0 aliphatic rings. The van der Waals surface area contributed by atoms with Crippen molar-refractivity contribution in [2.75, 3.05) is 0 Å². The van der Waals surface area contributed by atoms with Crippen molar-refractivity contribution in [3.8, 4) is 11.3 Å². The van der Waals surface area contributed by atoms with E-state index in [2.05, 4.69) is 15.4 Å². The lowest BCUT2D eigenvalue weighted by Gasteiger charge is -2.10. The van der Waals surface area contributed by atoms with Crippen molar-refractivity contribution in [1.82, 2.24) is 24.8 Å². The van der Waals surface area contributed by atoms with E-state index in [9.17, 15) is 9.90 Å². The van der Waals surface area contributed by atoms with E-state index < -0.39 is 5.97 Å². The van der Waals surface area contributed by atoms with E-state index in [-0.39, 0.29) is 11.7 Å². The molecule has 2 rings (SSSR count). The summed E-state index contributed by atoms with van der Waals surface area (Å²) in [5, 5.41) is 21.3. The Kier molecular flexibility index (Phi) is 3.13. The number of carbonyl (C=O) groups is 1. The zero-order valence-electron chi connectivity index (χ0n) is 11.7. The molecule has 0 fully saturated rings. The average Bonchev–Trinajstić information content (AvgIpc) is 2.82. The molecule has 2 aromatic heterocycles. The second-order valence-corrected chi connectivity index (χ2v) is 4.80. The summed E-state index contributed by atoms with van der Waals surface area (Å²) < 4.78 is 3.36. The van der Waals surface area contributed by atoms with Crippen LogP contribution in [0.4, 0.5) is 0 Å². The summed E-state index contributed by atoms with van der Waals surface area (Å²) in [6, 6.07) is 0.0228. The third kappa shape index (κ3) is 2.00. The number of carboxylic acids is 1. The summed E-state index contributed by atoms with van der Waals surface area (Å²) in [5.74, 6) is -1.08. The lowest BCUT2D eigenvalue weighted by atomic mass is 10.1. The first-order chi connectivity index (χ1) is 8.84. The molecule has 0 aromatic carbocycles. The molecule has 0 spiro atoms. The first-order valence-corrected chi connectivity index (χ1v) is 6.03. The maximum Gasteiger partial charge on any atom is 0.358 e. The van der Waals surface area contributed by atoms with Gasteiger partial charge in [0, 0.05) is 24.3 Å². The van der Waals surface area contributed by atoms with Crippen LogP contribution in [0.15, 0.2) is 0 Å². The van der Waals surface area contributed by atoms with Crippen LogP contribution in [-0.2, 0) is 7.05 Å². The second-order valence-electron chi connectivity index (χ2n) is 4.80. The first kappa shape index (κ1) is 13.3. The Hall–Kier alpha value is -2.18. The van der Waals surface area contributed by atoms with Crippen LogP contribution in [0.1, 0.15) is 41.8 Å². The number of hydrogen-bond donors (Lipinski definition) is 1. The van der Waals surface area contributed by atoms with Crippen LogP contribution < -0.4 is 0 Å². The highest BCUT2D eigenvalue weighted by Gasteiger charge is 2.26. The van der Waals surface area contributed by atoms with Crippen LogP contribution in [-0.4, -0.2) is 35.9 Å². The molecule has 102 valence electrons. The zero-order valence-corrected chi connectivity index (χ0v) is 11.7. The molecule has 7 heteroatoms. The highest BCUT2D eigenvalue weighted by Crippen LogP contribution is 2.30. The summed E-state index contributed by atoms with van der Waals surface area (Å²) in [5.41, 5.74) is 2.94. The molecule has 0 radical (unpaired) electrons. The number of hydrogen-bond acceptors (Lipinski definition) is 4. The summed E-state index contributed by atoms with van der Waals surface area (Å²) in [4.78, 5) is 11.3. The molecule has 1 N–H and O–H groups in total. The van der Waals surface area contributed by atoms with E-state index in [1.54, 1.807) is 9.36 Å². The Morgan fingerprint density at radius 3 is 2.37 bits per heavy atom. The molecule has 2 heterocycles. The Morgan fingerprint density at radius 2 is 1.95 bits per heavy atom. The van der Waals surface area contributed by atoms with Crippen molar-refractivity contribution >= 4 is 5.97 Å². The maximum absolute atomic E-state index is 11.3. The van der Waals surface area contributed by atoms with Gasteiger partial charge in [-0.3, -0.25) is 4.68 Å². The van der Waals surface area contributed by atoms with E-state index >= 15 is 0 Å². The number of rotatable bonds is 3. The van der Waals surface area contributed by atoms with Crippen LogP contribution in [0, 0.1) is 13.8 Å². The minimum atomic E-state index is -1.08. The van der Waals surface area contributed by atoms with Crippen LogP contribution in [0.2, 0.25) is 0 Å². The van der Waals surface area contributed by atoms with E-state index in [0.717, 1.165) is 17.0 Å². The number of carboxylic acid groups (broad SMARTS) is 1. The highest BCUT2D eigenvalue weighted by molar-refractivity contribution is 5.93. The lowest BCUT2D eigenvalue weighted by molar-refractivity contribution is 0.0691. The van der Waals surface area contributed by atoms with Gasteiger partial charge in [-0.15, -0.1) is 5.10 Å². The van der Waals surface area contributed by atoms with Crippen molar-refractivity contribution in [1.29, 1.82) is 0 Å². The van der Waals surface area contributed by atoms with Crippen molar-refractivity contribution in [3.05, 3.63) is 17.1 Å². The summed E-state index contributed by atoms with van der Waals surface area (Å²) in [7, 11) is 1.83. The van der Waals surface area contributed by atoms with E-state index in [1.807, 2.05) is 34.7 Å². The normalized spacial score (nSPS) is 11.3. The quantitative estimate of drug-likeness (QED) is 0.908. The van der Waals surface area contributed by atoms with Crippen molar-refractivity contribution in [2.24, 2.45) is 7.05 Å². The number of aryl methyl sites for hydroxylation is 2. The molecule has 0 aliphatic carbocycles. The fraction of sp³-hybridized carbons (Fsp3) is 0.500. The van der Waals surface area contributed by atoms with Crippen molar-refractivity contribution < 1.29 is 9.90 Å². The molecule has 0 bridgehead atoms. The number of aromatic carboxylic acids is 1. The maximum atomic E-state index is 11.3. The molecule has 2 aromatic rings. The third-order valence-electron chi connectivity index (χ3n) is 3.13. The topological polar surface area (TPSA) is 85.8 Å². The molecule has 0 aliphatic heterocycles. The average molecular weight is 263 g/mol. The number of nitrogens with zero attached hydrogens (tertiary/aromatic N) is 5. The molecule has 7 nitrogen and oxygen atoms in total. The van der Waals surface area contributed by atoms with Gasteiger partial charge in [-0.05, 0) is 27.7 Å². The van der Waals surface area contributed by atoms with Gasteiger partial charge in [0.2, 0.25) is 0 Å². The lowest BCUT2D eigenvalue weighted by Crippen LogP contribution is -2.08. The molecular weight excluding hydrogens is 246 g/mol. The largest absolute Gasteiger partial charge is 0.476 e. The monoisotopic (exact) mass is 263 g/mol. The van der Waals surface area contributed by atoms with E-state index in [1.165, 1.54) is 0 Å². The Labute approximate surface area is 110 Å². The molecule has 0 unspecified atom stereocenters. The SMILES string of the molecule is Cc1nn(C)c(C)c1-c1c(C(=O)O)nnn1C(C)C. The molecule has 0 saturated heterocycles. The van der Waals surface area contributed by atoms with Gasteiger partial charge in [0.1, 0.15) is 5.69 Å².